The lowest BCUT2D eigenvalue weighted by atomic mass is 10.1. The van der Waals surface area contributed by atoms with Gasteiger partial charge in [-0.3, -0.25) is 0 Å². The topological polar surface area (TPSA) is 15.3 Å². The van der Waals surface area contributed by atoms with Crippen LogP contribution in [0.15, 0.2) is 24.3 Å². The fraction of sp³-hybridized carbons (Fsp3) is 0.625. The molecule has 0 spiro atoms. The Bertz CT molecular complexity index is 335. The molecule has 1 aromatic carbocycles. The lowest BCUT2D eigenvalue weighted by Gasteiger charge is -2.22. The molecule has 0 fully saturated rings. The maximum atomic E-state index is 3.52. The molecule has 0 radical (unpaired) electrons. The van der Waals surface area contributed by atoms with Crippen molar-refractivity contribution in [2.24, 2.45) is 0 Å². The summed E-state index contributed by atoms with van der Waals surface area (Å²) in [5, 5.41) is 3.52. The van der Waals surface area contributed by atoms with Gasteiger partial charge in [-0.2, -0.15) is 0 Å². The molecule has 0 bridgehead atoms. The van der Waals surface area contributed by atoms with Gasteiger partial charge in [-0.15, -0.1) is 0 Å². The van der Waals surface area contributed by atoms with Crippen LogP contribution in [0.4, 0.5) is 5.69 Å². The molecular formula is C16H28N2. The van der Waals surface area contributed by atoms with Crippen LogP contribution in [-0.2, 0) is 0 Å². The second kappa shape index (κ2) is 6.79. The third kappa shape index (κ3) is 6.06. The Hall–Kier alpha value is -1.02. The van der Waals surface area contributed by atoms with Gasteiger partial charge in [0.05, 0.1) is 0 Å². The number of anilines is 1. The summed E-state index contributed by atoms with van der Waals surface area (Å²) in [6, 6.07) is 8.74. The van der Waals surface area contributed by atoms with Crippen LogP contribution >= 0.6 is 0 Å². The number of unbranched alkanes of at least 4 members (excludes halogenated alkanes) is 1. The van der Waals surface area contributed by atoms with E-state index in [1.807, 2.05) is 0 Å². The molecule has 0 aromatic heterocycles. The maximum absolute atomic E-state index is 3.52. The van der Waals surface area contributed by atoms with Gasteiger partial charge in [0.25, 0.3) is 0 Å². The van der Waals surface area contributed by atoms with Gasteiger partial charge in [-0.05, 0) is 59.2 Å². The van der Waals surface area contributed by atoms with Gasteiger partial charge in [0.15, 0.2) is 0 Å². The monoisotopic (exact) mass is 248 g/mol. The van der Waals surface area contributed by atoms with Crippen LogP contribution in [0.3, 0.4) is 0 Å². The lowest BCUT2D eigenvalue weighted by molar-refractivity contribution is 0.419. The summed E-state index contributed by atoms with van der Waals surface area (Å²) in [5.74, 6) is 0. The van der Waals surface area contributed by atoms with Gasteiger partial charge in [-0.25, -0.2) is 0 Å². The fourth-order valence-electron chi connectivity index (χ4n) is 1.87. The first-order valence-corrected chi connectivity index (χ1v) is 6.91. The van der Waals surface area contributed by atoms with Crippen LogP contribution in [0, 0.1) is 6.92 Å². The highest BCUT2D eigenvalue weighted by atomic mass is 15.1. The highest BCUT2D eigenvalue weighted by Gasteiger charge is 2.07. The molecule has 1 rings (SSSR count). The minimum absolute atomic E-state index is 0.239. The van der Waals surface area contributed by atoms with Gasteiger partial charge >= 0.3 is 0 Å². The van der Waals surface area contributed by atoms with Crippen molar-refractivity contribution in [2.45, 2.75) is 46.1 Å². The van der Waals surface area contributed by atoms with Crippen molar-refractivity contribution in [1.82, 2.24) is 5.32 Å². The molecular weight excluding hydrogens is 220 g/mol. The van der Waals surface area contributed by atoms with E-state index in [4.69, 9.17) is 0 Å². The first-order chi connectivity index (χ1) is 8.38. The third-order valence-electron chi connectivity index (χ3n) is 3.05. The Morgan fingerprint density at radius 3 is 2.22 bits per heavy atom. The maximum Gasteiger partial charge on any atom is 0.0363 e. The van der Waals surface area contributed by atoms with E-state index in [1.54, 1.807) is 0 Å². The molecule has 0 aliphatic rings. The Balaban J connectivity index is 2.21. The van der Waals surface area contributed by atoms with E-state index >= 15 is 0 Å². The summed E-state index contributed by atoms with van der Waals surface area (Å²) < 4.78 is 0. The minimum Gasteiger partial charge on any atom is -0.375 e. The molecule has 0 heterocycles. The van der Waals surface area contributed by atoms with E-state index < -0.39 is 0 Å². The normalized spacial score (nSPS) is 11.6. The quantitative estimate of drug-likeness (QED) is 0.774. The predicted octanol–water partition coefficient (Wildman–Crippen LogP) is 3.60. The molecule has 102 valence electrons. The van der Waals surface area contributed by atoms with Crippen molar-refractivity contribution in [3.63, 3.8) is 0 Å². The smallest absolute Gasteiger partial charge is 0.0363 e. The second-order valence-corrected chi connectivity index (χ2v) is 6.14. The lowest BCUT2D eigenvalue weighted by Crippen LogP contribution is -2.36. The summed E-state index contributed by atoms with van der Waals surface area (Å²) in [6.45, 7) is 11.0. The summed E-state index contributed by atoms with van der Waals surface area (Å²) in [4.78, 5) is 2.33. The minimum atomic E-state index is 0.239. The standard InChI is InChI=1S/C16H28N2/c1-14-8-10-15(11-9-14)18(5)13-7-6-12-17-16(2,3)4/h8-11,17H,6-7,12-13H2,1-5H3. The Labute approximate surface area is 112 Å². The molecule has 0 unspecified atom stereocenters. The number of hydrogen-bond acceptors (Lipinski definition) is 2. The molecule has 0 atom stereocenters. The van der Waals surface area contributed by atoms with E-state index in [0.29, 0.717) is 0 Å². The first-order valence-electron chi connectivity index (χ1n) is 6.91. The van der Waals surface area contributed by atoms with Crippen LogP contribution in [-0.4, -0.2) is 25.7 Å². The Morgan fingerprint density at radius 2 is 1.67 bits per heavy atom. The molecule has 0 saturated heterocycles. The molecule has 2 heteroatoms. The number of nitrogens with one attached hydrogen (secondary N) is 1. The van der Waals surface area contributed by atoms with Crippen molar-refractivity contribution < 1.29 is 0 Å². The largest absolute Gasteiger partial charge is 0.375 e. The number of aryl methyl sites for hydroxylation is 1. The van der Waals surface area contributed by atoms with Gasteiger partial charge < -0.3 is 10.2 Å². The van der Waals surface area contributed by atoms with Crippen molar-refractivity contribution in [1.29, 1.82) is 0 Å². The number of rotatable bonds is 6. The van der Waals surface area contributed by atoms with Crippen molar-refractivity contribution >= 4 is 5.69 Å². The number of nitrogens with zero attached hydrogens (tertiary/aromatic N) is 1. The molecule has 18 heavy (non-hydrogen) atoms. The Morgan fingerprint density at radius 1 is 1.06 bits per heavy atom. The third-order valence-corrected chi connectivity index (χ3v) is 3.05. The van der Waals surface area contributed by atoms with Gasteiger partial charge in [0, 0.05) is 24.8 Å². The van der Waals surface area contributed by atoms with Crippen LogP contribution in [0.2, 0.25) is 0 Å². The SMILES string of the molecule is Cc1ccc(N(C)CCCCNC(C)(C)C)cc1. The zero-order valence-electron chi connectivity index (χ0n) is 12.6. The molecule has 1 N–H and O–H groups in total. The van der Waals surface area contributed by atoms with Crippen LogP contribution in [0.5, 0.6) is 0 Å². The van der Waals surface area contributed by atoms with Crippen molar-refractivity contribution in [3.05, 3.63) is 29.8 Å². The van der Waals surface area contributed by atoms with Crippen LogP contribution in [0.25, 0.3) is 0 Å². The Kier molecular flexibility index (Phi) is 5.67. The van der Waals surface area contributed by atoms with Crippen LogP contribution < -0.4 is 10.2 Å². The number of benzene rings is 1. The van der Waals surface area contributed by atoms with Crippen LogP contribution in [0.1, 0.15) is 39.2 Å². The zero-order valence-corrected chi connectivity index (χ0v) is 12.6. The molecule has 0 saturated carbocycles. The van der Waals surface area contributed by atoms with Gasteiger partial charge in [0.1, 0.15) is 0 Å². The van der Waals surface area contributed by atoms with E-state index in [2.05, 4.69) is 69.2 Å². The average molecular weight is 248 g/mol. The van der Waals surface area contributed by atoms with E-state index in [-0.39, 0.29) is 5.54 Å². The molecule has 1 aromatic rings. The van der Waals surface area contributed by atoms with E-state index in [1.165, 1.54) is 24.1 Å². The fourth-order valence-corrected chi connectivity index (χ4v) is 1.87. The predicted molar refractivity (Wildman–Crippen MR) is 81.4 cm³/mol. The molecule has 0 amide bonds. The second-order valence-electron chi connectivity index (χ2n) is 6.14. The summed E-state index contributed by atoms with van der Waals surface area (Å²) in [6.07, 6.45) is 2.46. The first kappa shape index (κ1) is 15.0. The molecule has 2 nitrogen and oxygen atoms in total. The zero-order chi connectivity index (χ0) is 13.6. The summed E-state index contributed by atoms with van der Waals surface area (Å²) >= 11 is 0. The highest BCUT2D eigenvalue weighted by molar-refractivity contribution is 5.46. The van der Waals surface area contributed by atoms with Gasteiger partial charge in [0.2, 0.25) is 0 Å². The highest BCUT2D eigenvalue weighted by Crippen LogP contribution is 2.13. The summed E-state index contributed by atoms with van der Waals surface area (Å²) in [5.41, 5.74) is 2.87. The number of hydrogen-bond donors (Lipinski definition) is 1. The summed E-state index contributed by atoms with van der Waals surface area (Å²) in [7, 11) is 2.17. The van der Waals surface area contributed by atoms with E-state index in [9.17, 15) is 0 Å². The van der Waals surface area contributed by atoms with Crippen molar-refractivity contribution in [2.75, 3.05) is 25.0 Å². The van der Waals surface area contributed by atoms with E-state index in [0.717, 1.165) is 13.1 Å². The van der Waals surface area contributed by atoms with Crippen molar-refractivity contribution in [3.8, 4) is 0 Å². The molecule has 0 aliphatic heterocycles. The average Bonchev–Trinajstić information content (AvgIpc) is 2.27. The molecule has 0 aliphatic carbocycles. The van der Waals surface area contributed by atoms with Gasteiger partial charge in [-0.1, -0.05) is 17.7 Å².